The first-order valence-electron chi connectivity index (χ1n) is 5.29. The van der Waals surface area contributed by atoms with Crippen LogP contribution in [0.3, 0.4) is 0 Å². The predicted molar refractivity (Wildman–Crippen MR) is 60.9 cm³/mol. The van der Waals surface area contributed by atoms with Gasteiger partial charge in [-0.1, -0.05) is 19.8 Å². The molecule has 1 unspecified atom stereocenters. The van der Waals surface area contributed by atoms with Crippen LogP contribution in [0.4, 0.5) is 0 Å². The molecule has 1 atom stereocenters. The Balaban J connectivity index is 2.03. The molecule has 0 radical (unpaired) electrons. The Morgan fingerprint density at radius 1 is 1.54 bits per heavy atom. The molecule has 76 valence electrons. The zero-order valence-electron chi connectivity index (χ0n) is 8.60. The molecule has 1 fully saturated rings. The van der Waals surface area contributed by atoms with Crippen molar-refractivity contribution in [3.8, 4) is 0 Å². The summed E-state index contributed by atoms with van der Waals surface area (Å²) in [7, 11) is 0. The van der Waals surface area contributed by atoms with Gasteiger partial charge in [-0.15, -0.1) is 0 Å². The second kappa shape index (κ2) is 5.43. The smallest absolute Gasteiger partial charge is 0.166 e. The number of hydrogen-bond donors (Lipinski definition) is 2. The Bertz CT molecular complexity index is 166. The summed E-state index contributed by atoms with van der Waals surface area (Å²) in [5.41, 5.74) is 0. The van der Waals surface area contributed by atoms with Crippen LogP contribution in [-0.2, 0) is 0 Å². The zero-order valence-corrected chi connectivity index (χ0v) is 9.41. The maximum atomic E-state index is 5.17. The lowest BCUT2D eigenvalue weighted by Crippen LogP contribution is -2.41. The van der Waals surface area contributed by atoms with E-state index in [4.69, 9.17) is 12.2 Å². The van der Waals surface area contributed by atoms with Gasteiger partial charge in [0, 0.05) is 12.1 Å². The van der Waals surface area contributed by atoms with Crippen LogP contribution in [0.5, 0.6) is 0 Å². The van der Waals surface area contributed by atoms with Gasteiger partial charge in [0.05, 0.1) is 0 Å². The highest BCUT2D eigenvalue weighted by Gasteiger charge is 2.21. The van der Waals surface area contributed by atoms with Crippen molar-refractivity contribution in [3.05, 3.63) is 0 Å². The molecule has 0 amide bonds. The van der Waals surface area contributed by atoms with Gasteiger partial charge in [-0.2, -0.15) is 0 Å². The van der Waals surface area contributed by atoms with Crippen molar-refractivity contribution in [2.45, 2.75) is 58.0 Å². The summed E-state index contributed by atoms with van der Waals surface area (Å²) in [4.78, 5) is 0. The summed E-state index contributed by atoms with van der Waals surface area (Å²) in [5.74, 6) is 0. The number of hydrogen-bond acceptors (Lipinski definition) is 1. The van der Waals surface area contributed by atoms with Crippen molar-refractivity contribution < 1.29 is 0 Å². The van der Waals surface area contributed by atoms with Gasteiger partial charge >= 0.3 is 0 Å². The first-order valence-corrected chi connectivity index (χ1v) is 5.70. The third kappa shape index (κ3) is 5.09. The predicted octanol–water partition coefficient (Wildman–Crippen LogP) is 2.19. The van der Waals surface area contributed by atoms with Gasteiger partial charge in [-0.25, -0.2) is 0 Å². The number of unbranched alkanes of at least 4 members (excludes halogenated alkanes) is 1. The lowest BCUT2D eigenvalue weighted by Gasteiger charge is -2.16. The third-order valence-electron chi connectivity index (χ3n) is 2.28. The van der Waals surface area contributed by atoms with Crippen molar-refractivity contribution in [2.75, 3.05) is 0 Å². The van der Waals surface area contributed by atoms with E-state index in [1.54, 1.807) is 0 Å². The van der Waals surface area contributed by atoms with Crippen LogP contribution >= 0.6 is 12.2 Å². The molecule has 13 heavy (non-hydrogen) atoms. The molecule has 1 rings (SSSR count). The highest BCUT2D eigenvalue weighted by molar-refractivity contribution is 7.80. The standard InChI is InChI=1S/C10H20N2S/c1-3-4-5-8(2)11-10(13)12-9-6-7-9/h8-9H,3-7H2,1-2H3,(H2,11,12,13). The van der Waals surface area contributed by atoms with E-state index in [0.717, 1.165) is 5.11 Å². The molecule has 0 aromatic heterocycles. The Labute approximate surface area is 86.5 Å². The summed E-state index contributed by atoms with van der Waals surface area (Å²) in [6.45, 7) is 4.41. The van der Waals surface area contributed by atoms with Crippen molar-refractivity contribution in [1.82, 2.24) is 10.6 Å². The minimum absolute atomic E-state index is 0.513. The molecule has 3 heteroatoms. The summed E-state index contributed by atoms with van der Waals surface area (Å²) in [6.07, 6.45) is 6.31. The third-order valence-corrected chi connectivity index (χ3v) is 2.52. The number of rotatable bonds is 5. The molecule has 1 aliphatic carbocycles. The van der Waals surface area contributed by atoms with Gasteiger partial charge in [0.1, 0.15) is 0 Å². The summed E-state index contributed by atoms with van der Waals surface area (Å²) in [5, 5.41) is 7.43. The molecule has 2 nitrogen and oxygen atoms in total. The largest absolute Gasteiger partial charge is 0.360 e. The summed E-state index contributed by atoms with van der Waals surface area (Å²) in [6, 6.07) is 1.18. The quantitative estimate of drug-likeness (QED) is 0.665. The van der Waals surface area contributed by atoms with E-state index in [2.05, 4.69) is 24.5 Å². The fraction of sp³-hybridized carbons (Fsp3) is 0.900. The minimum atomic E-state index is 0.513. The molecule has 0 aliphatic heterocycles. The van der Waals surface area contributed by atoms with E-state index in [0.29, 0.717) is 12.1 Å². The molecule has 0 heterocycles. The molecule has 0 aromatic rings. The highest BCUT2D eigenvalue weighted by atomic mass is 32.1. The van der Waals surface area contributed by atoms with Crippen molar-refractivity contribution in [2.24, 2.45) is 0 Å². The fourth-order valence-corrected chi connectivity index (χ4v) is 1.63. The van der Waals surface area contributed by atoms with E-state index in [1.807, 2.05) is 0 Å². The average molecular weight is 200 g/mol. The van der Waals surface area contributed by atoms with E-state index >= 15 is 0 Å². The van der Waals surface area contributed by atoms with Gasteiger partial charge in [-0.05, 0) is 38.4 Å². The zero-order chi connectivity index (χ0) is 9.68. The van der Waals surface area contributed by atoms with Crippen LogP contribution in [0, 0.1) is 0 Å². The van der Waals surface area contributed by atoms with Crippen LogP contribution in [0.2, 0.25) is 0 Å². The second-order valence-electron chi connectivity index (χ2n) is 3.94. The Kier molecular flexibility index (Phi) is 4.50. The molecule has 1 saturated carbocycles. The van der Waals surface area contributed by atoms with Gasteiger partial charge in [0.25, 0.3) is 0 Å². The molecule has 0 spiro atoms. The molecule has 1 aliphatic rings. The lowest BCUT2D eigenvalue weighted by atomic mass is 10.1. The SMILES string of the molecule is CCCCC(C)NC(=S)NC1CC1. The Morgan fingerprint density at radius 2 is 2.23 bits per heavy atom. The molecular formula is C10H20N2S. The first kappa shape index (κ1) is 10.8. The number of nitrogens with one attached hydrogen (secondary N) is 2. The molecule has 0 saturated heterocycles. The van der Waals surface area contributed by atoms with Crippen molar-refractivity contribution in [3.63, 3.8) is 0 Å². The Morgan fingerprint density at radius 3 is 2.77 bits per heavy atom. The fourth-order valence-electron chi connectivity index (χ4n) is 1.26. The maximum absolute atomic E-state index is 5.17. The Hall–Kier alpha value is -0.310. The topological polar surface area (TPSA) is 24.1 Å². The molecule has 0 bridgehead atoms. The molecule has 2 N–H and O–H groups in total. The van der Waals surface area contributed by atoms with Crippen LogP contribution in [0.1, 0.15) is 46.0 Å². The average Bonchev–Trinajstić information content (AvgIpc) is 2.84. The van der Waals surface area contributed by atoms with Crippen LogP contribution in [0.15, 0.2) is 0 Å². The van der Waals surface area contributed by atoms with Gasteiger partial charge < -0.3 is 10.6 Å². The van der Waals surface area contributed by atoms with E-state index in [1.165, 1.54) is 32.1 Å². The molecule has 0 aromatic carbocycles. The van der Waals surface area contributed by atoms with Gasteiger partial charge in [0.2, 0.25) is 0 Å². The minimum Gasteiger partial charge on any atom is -0.360 e. The number of thiocarbonyl (C=S) groups is 1. The lowest BCUT2D eigenvalue weighted by molar-refractivity contribution is 0.565. The normalized spacial score (nSPS) is 18.0. The van der Waals surface area contributed by atoms with E-state index < -0.39 is 0 Å². The van der Waals surface area contributed by atoms with E-state index in [9.17, 15) is 0 Å². The van der Waals surface area contributed by atoms with Crippen molar-refractivity contribution in [1.29, 1.82) is 0 Å². The second-order valence-corrected chi connectivity index (χ2v) is 4.34. The summed E-state index contributed by atoms with van der Waals surface area (Å²) >= 11 is 5.17. The van der Waals surface area contributed by atoms with Gasteiger partial charge in [-0.3, -0.25) is 0 Å². The first-order chi connectivity index (χ1) is 6.22. The van der Waals surface area contributed by atoms with Crippen LogP contribution < -0.4 is 10.6 Å². The van der Waals surface area contributed by atoms with E-state index in [-0.39, 0.29) is 0 Å². The summed E-state index contributed by atoms with van der Waals surface area (Å²) < 4.78 is 0. The monoisotopic (exact) mass is 200 g/mol. The molecular weight excluding hydrogens is 180 g/mol. The van der Waals surface area contributed by atoms with Gasteiger partial charge in [0.15, 0.2) is 5.11 Å². The van der Waals surface area contributed by atoms with Crippen LogP contribution in [0.25, 0.3) is 0 Å². The maximum Gasteiger partial charge on any atom is 0.166 e. The highest BCUT2D eigenvalue weighted by Crippen LogP contribution is 2.18. The van der Waals surface area contributed by atoms with Crippen molar-refractivity contribution >= 4 is 17.3 Å². The van der Waals surface area contributed by atoms with Crippen LogP contribution in [-0.4, -0.2) is 17.2 Å².